The van der Waals surface area contributed by atoms with Gasteiger partial charge in [0, 0.05) is 30.1 Å². The van der Waals surface area contributed by atoms with Crippen LogP contribution in [0.25, 0.3) is 10.9 Å². The number of benzene rings is 1. The molecule has 1 aromatic carbocycles. The van der Waals surface area contributed by atoms with Gasteiger partial charge in [-0.3, -0.25) is 43.3 Å². The molecule has 0 aliphatic heterocycles. The van der Waals surface area contributed by atoms with Gasteiger partial charge in [0.1, 0.15) is 48.3 Å². The van der Waals surface area contributed by atoms with E-state index in [0.717, 1.165) is 10.9 Å². The topological polar surface area (TPSA) is 376 Å². The maximum Gasteiger partial charge on any atom is 0.326 e. The van der Waals surface area contributed by atoms with Gasteiger partial charge in [-0.15, -0.1) is 0 Å². The Morgan fingerprint density at radius 2 is 1.07 bits per heavy atom. The normalized spacial score (nSPS) is 14.8. The molecule has 0 unspecified atom stereocenters. The Hall–Kier alpha value is -6.78. The summed E-state index contributed by atoms with van der Waals surface area (Å²) in [7, 11) is 0. The molecule has 0 aliphatic carbocycles. The molecule has 384 valence electrons. The molecule has 0 aliphatic rings. The van der Waals surface area contributed by atoms with Gasteiger partial charge in [-0.05, 0) is 68.4 Å². The fourth-order valence-electron chi connectivity index (χ4n) is 7.13. The fraction of sp³-hybridized carbons (Fsp3) is 0.609. The first-order valence-electron chi connectivity index (χ1n) is 23.2. The van der Waals surface area contributed by atoms with Crippen molar-refractivity contribution < 1.29 is 48.3 Å². The Morgan fingerprint density at radius 3 is 1.61 bits per heavy atom. The van der Waals surface area contributed by atoms with Gasteiger partial charge in [-0.1, -0.05) is 73.6 Å². The van der Waals surface area contributed by atoms with E-state index in [4.69, 9.17) is 17.2 Å². The quantitative estimate of drug-likeness (QED) is 0.0269. The maximum absolute atomic E-state index is 14.3. The number of guanidine groups is 1. The Morgan fingerprint density at radius 1 is 0.594 bits per heavy atom. The van der Waals surface area contributed by atoms with Gasteiger partial charge >= 0.3 is 5.97 Å². The predicted molar refractivity (Wildman–Crippen MR) is 259 cm³/mol. The molecule has 0 fully saturated rings. The number of hydrogen-bond acceptors (Lipinski definition) is 11. The summed E-state index contributed by atoms with van der Waals surface area (Å²) in [5, 5.41) is 31.2. The lowest BCUT2D eigenvalue weighted by atomic mass is 9.97. The molecule has 0 bridgehead atoms. The number of rotatable bonds is 28. The van der Waals surface area contributed by atoms with Gasteiger partial charge in [0.25, 0.3) is 0 Å². The van der Waals surface area contributed by atoms with Gasteiger partial charge in [-0.2, -0.15) is 0 Å². The molecule has 0 saturated heterocycles. The number of aromatic nitrogens is 1. The number of amides is 8. The summed E-state index contributed by atoms with van der Waals surface area (Å²) in [6.45, 7) is 16.1. The number of H-pyrrole nitrogens is 1. The standard InChI is InChI=1S/C46H75N13O10/c1-22(2)18-32(41(64)53-26(9)38(61)52-27(10)39(62)59-37(25(7)8)45(68)69)56-43(66)35(23(3)4)58-44(67)36(24(5)6)57-42(65)33(19-28-21-51-30-15-12-11-14-29(28)30)55-40(63)31(54-34(60)20-47)16-13-17-50-46(48)49/h11-12,14-15,21-27,31-33,35-37,51H,13,16-20,47H2,1-10H3,(H,52,61)(H,53,64)(H,54,60)(H,55,63)(H,56,66)(H,57,65)(H,58,67)(H,59,62)(H,68,69)(H4,48,49,50)/t26-,27-,31-,32-,33-,35-,36-,37-/m0/s1. The van der Waals surface area contributed by atoms with Crippen LogP contribution in [0.5, 0.6) is 0 Å². The number of aromatic amines is 1. The monoisotopic (exact) mass is 970 g/mol. The van der Waals surface area contributed by atoms with Crippen molar-refractivity contribution in [2.24, 2.45) is 45.9 Å². The zero-order valence-electron chi connectivity index (χ0n) is 41.4. The highest BCUT2D eigenvalue weighted by molar-refractivity contribution is 5.98. The number of aliphatic carboxylic acids is 1. The first kappa shape index (κ1) is 58.3. The summed E-state index contributed by atoms with van der Waals surface area (Å²) in [5.41, 5.74) is 17.9. The molecule has 2 rings (SSSR count). The lowest BCUT2D eigenvalue weighted by molar-refractivity contribution is -0.143. The number of carboxylic acid groups (broad SMARTS) is 1. The minimum absolute atomic E-state index is 0.0317. The molecule has 8 amide bonds. The highest BCUT2D eigenvalue weighted by Gasteiger charge is 2.36. The van der Waals surface area contributed by atoms with Crippen molar-refractivity contribution in [2.75, 3.05) is 13.1 Å². The van der Waals surface area contributed by atoms with Crippen LogP contribution in [0.4, 0.5) is 0 Å². The van der Waals surface area contributed by atoms with Crippen LogP contribution >= 0.6 is 0 Å². The van der Waals surface area contributed by atoms with Crippen molar-refractivity contribution in [1.29, 1.82) is 0 Å². The van der Waals surface area contributed by atoms with Crippen molar-refractivity contribution in [3.63, 3.8) is 0 Å². The van der Waals surface area contributed by atoms with E-state index in [9.17, 15) is 48.3 Å². The number of nitrogens with zero attached hydrogens (tertiary/aromatic N) is 1. The zero-order valence-corrected chi connectivity index (χ0v) is 41.4. The first-order chi connectivity index (χ1) is 32.3. The van der Waals surface area contributed by atoms with Crippen molar-refractivity contribution in [2.45, 2.75) is 143 Å². The number of nitrogens with two attached hydrogens (primary N) is 3. The van der Waals surface area contributed by atoms with E-state index in [0.29, 0.717) is 5.56 Å². The highest BCUT2D eigenvalue weighted by Crippen LogP contribution is 2.20. The summed E-state index contributed by atoms with van der Waals surface area (Å²) in [6.07, 6.45) is 2.19. The van der Waals surface area contributed by atoms with Crippen molar-refractivity contribution in [3.05, 3.63) is 36.0 Å². The number of para-hydroxylation sites is 1. The number of nitrogens with one attached hydrogen (secondary N) is 9. The summed E-state index contributed by atoms with van der Waals surface area (Å²) >= 11 is 0. The van der Waals surface area contributed by atoms with Crippen LogP contribution in [0.3, 0.4) is 0 Å². The van der Waals surface area contributed by atoms with Gasteiger partial charge in [-0.25, -0.2) is 4.79 Å². The van der Waals surface area contributed by atoms with Crippen LogP contribution in [0.2, 0.25) is 0 Å². The number of carbonyl (C=O) groups excluding carboxylic acids is 8. The summed E-state index contributed by atoms with van der Waals surface area (Å²) in [4.78, 5) is 127. The van der Waals surface area contributed by atoms with Crippen LogP contribution in [0.1, 0.15) is 94.1 Å². The minimum Gasteiger partial charge on any atom is -0.480 e. The van der Waals surface area contributed by atoms with E-state index in [1.165, 1.54) is 13.8 Å². The van der Waals surface area contributed by atoms with E-state index in [-0.39, 0.29) is 44.1 Å². The predicted octanol–water partition coefficient (Wildman–Crippen LogP) is -1.26. The van der Waals surface area contributed by atoms with Crippen molar-refractivity contribution >= 4 is 70.1 Å². The van der Waals surface area contributed by atoms with Gasteiger partial charge < -0.3 is 69.8 Å². The lowest BCUT2D eigenvalue weighted by Crippen LogP contribution is -2.61. The summed E-state index contributed by atoms with van der Waals surface area (Å²) in [5.74, 6) is -8.71. The highest BCUT2D eigenvalue weighted by atomic mass is 16.4. The Kier molecular flexibility index (Phi) is 23.6. The molecule has 23 heteroatoms. The van der Waals surface area contributed by atoms with Crippen molar-refractivity contribution in [3.8, 4) is 0 Å². The molecule has 0 spiro atoms. The van der Waals surface area contributed by atoms with Crippen LogP contribution < -0.4 is 59.7 Å². The molecule has 0 saturated carbocycles. The molecule has 69 heavy (non-hydrogen) atoms. The first-order valence-corrected chi connectivity index (χ1v) is 23.2. The smallest absolute Gasteiger partial charge is 0.326 e. The fourth-order valence-corrected chi connectivity index (χ4v) is 7.13. The molecule has 1 heterocycles. The lowest BCUT2D eigenvalue weighted by Gasteiger charge is -2.30. The number of carboxylic acids is 1. The molecular formula is C46H75N13O10. The minimum atomic E-state index is -1.28. The third-order valence-corrected chi connectivity index (χ3v) is 11.1. The van der Waals surface area contributed by atoms with Crippen LogP contribution in [0, 0.1) is 23.7 Å². The zero-order chi connectivity index (χ0) is 52.3. The summed E-state index contributed by atoms with van der Waals surface area (Å²) < 4.78 is 0. The Bertz CT molecular complexity index is 2140. The molecule has 0 radical (unpaired) electrons. The number of aliphatic imine (C=N–C) groups is 1. The number of fused-ring (bicyclic) bond motifs is 1. The second kappa shape index (κ2) is 27.9. The van der Waals surface area contributed by atoms with Crippen LogP contribution in [-0.2, 0) is 49.6 Å². The molecule has 1 aromatic heterocycles. The maximum atomic E-state index is 14.3. The van der Waals surface area contributed by atoms with Gasteiger partial charge in [0.15, 0.2) is 5.96 Å². The molecule has 16 N–H and O–H groups in total. The summed E-state index contributed by atoms with van der Waals surface area (Å²) in [6, 6.07) is -2.21. The van der Waals surface area contributed by atoms with Gasteiger partial charge in [0.2, 0.25) is 47.3 Å². The van der Waals surface area contributed by atoms with Crippen LogP contribution in [0.15, 0.2) is 35.5 Å². The van der Waals surface area contributed by atoms with Gasteiger partial charge in [0.05, 0.1) is 6.54 Å². The third kappa shape index (κ3) is 19.0. The van der Waals surface area contributed by atoms with Crippen LogP contribution in [-0.4, -0.2) is 131 Å². The second-order valence-electron chi connectivity index (χ2n) is 18.6. The number of hydrogen-bond donors (Lipinski definition) is 13. The Balaban J connectivity index is 2.32. The van der Waals surface area contributed by atoms with E-state index in [1.807, 2.05) is 38.1 Å². The van der Waals surface area contributed by atoms with E-state index in [1.54, 1.807) is 47.7 Å². The average Bonchev–Trinajstić information content (AvgIpc) is 3.68. The third-order valence-electron chi connectivity index (χ3n) is 11.1. The molecule has 8 atom stereocenters. The molecular weight excluding hydrogens is 895 g/mol. The average molecular weight is 970 g/mol. The van der Waals surface area contributed by atoms with E-state index in [2.05, 4.69) is 52.5 Å². The molecule has 23 nitrogen and oxygen atoms in total. The van der Waals surface area contributed by atoms with E-state index < -0.39 is 126 Å². The largest absolute Gasteiger partial charge is 0.480 e. The van der Waals surface area contributed by atoms with E-state index >= 15 is 0 Å². The molecule has 2 aromatic rings. The SMILES string of the molecule is CC(C)C[C@H](NC(=O)[C@@H](NC(=O)[C@@H](NC(=O)[C@H](Cc1c[nH]c2ccccc12)NC(=O)[C@H](CCCN=C(N)N)NC(=O)CN)C(C)C)C(C)C)C(=O)N[C@@H](C)C(=O)N[C@@H](C)C(=O)N[C@H](C(=O)O)C(C)C. The number of carbonyl (C=O) groups is 9. The second-order valence-corrected chi connectivity index (χ2v) is 18.6. The Labute approximate surface area is 403 Å². The van der Waals surface area contributed by atoms with Crippen molar-refractivity contribution in [1.82, 2.24) is 47.5 Å².